The molecule has 0 fully saturated rings. The summed E-state index contributed by atoms with van der Waals surface area (Å²) in [6, 6.07) is 26.3. The number of carbonyl (C=O) groups excluding carboxylic acids is 1. The van der Waals surface area contributed by atoms with Gasteiger partial charge in [-0.15, -0.1) is 0 Å². The van der Waals surface area contributed by atoms with Crippen LogP contribution in [0.4, 0.5) is 16.2 Å². The summed E-state index contributed by atoms with van der Waals surface area (Å²) in [6.07, 6.45) is -2.40. The van der Waals surface area contributed by atoms with Crippen LogP contribution >= 0.6 is 0 Å². The number of rotatable bonds is 5. The summed E-state index contributed by atoms with van der Waals surface area (Å²) < 4.78 is 0. The van der Waals surface area contributed by atoms with Crippen molar-refractivity contribution >= 4 is 17.5 Å². The lowest BCUT2D eigenvalue weighted by Crippen LogP contribution is -2.49. The Bertz CT molecular complexity index is 810. The summed E-state index contributed by atoms with van der Waals surface area (Å²) in [6.45, 7) is 0. The average Bonchev–Trinajstić information content (AvgIpc) is 2.67. The zero-order valence-electron chi connectivity index (χ0n) is 13.4. The Hall–Kier alpha value is -3.31. The normalized spacial score (nSPS) is 11.6. The van der Waals surface area contributed by atoms with Gasteiger partial charge in [-0.3, -0.25) is 5.21 Å². The second kappa shape index (κ2) is 7.51. The molecule has 3 rings (SSSR count). The van der Waals surface area contributed by atoms with Crippen LogP contribution in [0.15, 0.2) is 91.0 Å². The number of nitrogens with zero attached hydrogens (tertiary/aromatic N) is 2. The third kappa shape index (κ3) is 3.62. The van der Waals surface area contributed by atoms with Gasteiger partial charge in [0.1, 0.15) is 6.09 Å². The van der Waals surface area contributed by atoms with E-state index in [0.717, 1.165) is 9.96 Å². The van der Waals surface area contributed by atoms with E-state index >= 15 is 0 Å². The Balaban J connectivity index is 2.11. The van der Waals surface area contributed by atoms with Gasteiger partial charge in [-0.1, -0.05) is 66.7 Å². The number of amides is 1. The maximum Gasteiger partial charge on any atom is 0.158 e. The Labute approximate surface area is 145 Å². The lowest BCUT2D eigenvalue weighted by Gasteiger charge is -2.39. The lowest BCUT2D eigenvalue weighted by atomic mass is 10.1. The molecule has 0 aromatic heterocycles. The van der Waals surface area contributed by atoms with Crippen LogP contribution in [-0.2, 0) is 0 Å². The molecule has 0 spiro atoms. The van der Waals surface area contributed by atoms with Crippen LogP contribution in [0.1, 0.15) is 11.7 Å². The molecule has 0 aliphatic rings. The van der Waals surface area contributed by atoms with Gasteiger partial charge in [-0.05, 0) is 29.8 Å². The van der Waals surface area contributed by atoms with Crippen molar-refractivity contribution in [3.05, 3.63) is 96.6 Å². The standard InChI is InChI=1S/C20H18N2O3/c23-20(24)21(17-12-6-2-7-13-17)19(16-10-4-1-5-11-16)22(25)18-14-8-3-9-15-18/h1-15,19,25H,(H,23,24)/p-1. The lowest BCUT2D eigenvalue weighted by molar-refractivity contribution is -0.247. The predicted molar refractivity (Wildman–Crippen MR) is 94.2 cm³/mol. The van der Waals surface area contributed by atoms with Crippen LogP contribution in [0.5, 0.6) is 0 Å². The Morgan fingerprint density at radius 1 is 0.760 bits per heavy atom. The quantitative estimate of drug-likeness (QED) is 0.574. The molecule has 1 amide bonds. The van der Waals surface area contributed by atoms with Crippen LogP contribution < -0.4 is 15.1 Å². The van der Waals surface area contributed by atoms with E-state index in [4.69, 9.17) is 0 Å². The van der Waals surface area contributed by atoms with Gasteiger partial charge < -0.3 is 14.8 Å². The average molecular weight is 333 g/mol. The number of hydrogen-bond acceptors (Lipinski definition) is 4. The van der Waals surface area contributed by atoms with Crippen molar-refractivity contribution in [2.45, 2.75) is 6.17 Å². The van der Waals surface area contributed by atoms with Gasteiger partial charge >= 0.3 is 0 Å². The summed E-state index contributed by atoms with van der Waals surface area (Å²) in [5.41, 5.74) is 1.49. The maximum absolute atomic E-state index is 11.9. The summed E-state index contributed by atoms with van der Waals surface area (Å²) in [4.78, 5) is 13.0. The zero-order chi connectivity index (χ0) is 17.6. The SMILES string of the molecule is O=C([O-])N(c1ccccc1)C(c1ccccc1)N(O)c1ccccc1. The number of para-hydroxylation sites is 2. The van der Waals surface area contributed by atoms with E-state index in [9.17, 15) is 15.1 Å². The monoisotopic (exact) mass is 333 g/mol. The molecule has 3 aromatic rings. The van der Waals surface area contributed by atoms with Crippen LogP contribution in [0.2, 0.25) is 0 Å². The fourth-order valence-electron chi connectivity index (χ4n) is 2.68. The molecule has 0 aliphatic heterocycles. The van der Waals surface area contributed by atoms with E-state index in [0.29, 0.717) is 16.9 Å². The van der Waals surface area contributed by atoms with Gasteiger partial charge in [0.15, 0.2) is 6.17 Å². The Morgan fingerprint density at radius 2 is 1.20 bits per heavy atom. The van der Waals surface area contributed by atoms with Crippen LogP contribution in [0.25, 0.3) is 0 Å². The highest BCUT2D eigenvalue weighted by atomic mass is 16.5. The molecule has 0 saturated heterocycles. The molecule has 1 N–H and O–H groups in total. The molecule has 3 aromatic carbocycles. The fourth-order valence-corrected chi connectivity index (χ4v) is 2.68. The van der Waals surface area contributed by atoms with Crippen molar-refractivity contribution < 1.29 is 15.1 Å². The number of carbonyl (C=O) groups is 1. The number of benzene rings is 3. The Morgan fingerprint density at radius 3 is 1.68 bits per heavy atom. The molecule has 5 nitrogen and oxygen atoms in total. The van der Waals surface area contributed by atoms with Crippen molar-refractivity contribution in [3.63, 3.8) is 0 Å². The Kier molecular flexibility index (Phi) is 4.97. The predicted octanol–water partition coefficient (Wildman–Crippen LogP) is 3.43. The molecule has 0 saturated carbocycles. The van der Waals surface area contributed by atoms with E-state index in [1.165, 1.54) is 0 Å². The third-order valence-electron chi connectivity index (χ3n) is 3.83. The fraction of sp³-hybridized carbons (Fsp3) is 0.0500. The van der Waals surface area contributed by atoms with Gasteiger partial charge in [-0.25, -0.2) is 5.06 Å². The maximum atomic E-state index is 11.9. The summed E-state index contributed by atoms with van der Waals surface area (Å²) in [7, 11) is 0. The summed E-state index contributed by atoms with van der Waals surface area (Å²) in [5, 5.41) is 23.7. The molecule has 126 valence electrons. The molecule has 5 heteroatoms. The first kappa shape index (κ1) is 16.5. The topological polar surface area (TPSA) is 66.8 Å². The highest BCUT2D eigenvalue weighted by Crippen LogP contribution is 2.32. The minimum atomic E-state index is -1.41. The first-order valence-corrected chi connectivity index (χ1v) is 7.82. The van der Waals surface area contributed by atoms with E-state index < -0.39 is 12.3 Å². The van der Waals surface area contributed by atoms with E-state index in [1.807, 2.05) is 12.1 Å². The smallest absolute Gasteiger partial charge is 0.158 e. The molecule has 1 unspecified atom stereocenters. The van der Waals surface area contributed by atoms with Crippen molar-refractivity contribution in [3.8, 4) is 0 Å². The van der Waals surface area contributed by atoms with E-state index in [-0.39, 0.29) is 0 Å². The van der Waals surface area contributed by atoms with Gasteiger partial charge in [0.05, 0.1) is 5.69 Å². The minimum absolute atomic E-state index is 0.409. The highest BCUT2D eigenvalue weighted by molar-refractivity contribution is 5.86. The molecular formula is C20H17N2O3-. The number of carboxylic acid groups (broad SMARTS) is 1. The minimum Gasteiger partial charge on any atom is -0.530 e. The van der Waals surface area contributed by atoms with Gasteiger partial charge in [0, 0.05) is 5.69 Å². The van der Waals surface area contributed by atoms with Gasteiger partial charge in [0.2, 0.25) is 0 Å². The van der Waals surface area contributed by atoms with Crippen molar-refractivity contribution in [1.29, 1.82) is 0 Å². The second-order valence-corrected chi connectivity index (χ2v) is 5.44. The second-order valence-electron chi connectivity index (χ2n) is 5.44. The van der Waals surface area contributed by atoms with Crippen LogP contribution in [0.3, 0.4) is 0 Å². The molecule has 1 atom stereocenters. The van der Waals surface area contributed by atoms with Gasteiger partial charge in [0.25, 0.3) is 0 Å². The van der Waals surface area contributed by atoms with Crippen molar-refractivity contribution in [2.24, 2.45) is 0 Å². The van der Waals surface area contributed by atoms with Crippen molar-refractivity contribution in [2.75, 3.05) is 9.96 Å². The molecule has 0 aliphatic carbocycles. The first-order valence-electron chi connectivity index (χ1n) is 7.82. The number of hydrogen-bond donors (Lipinski definition) is 1. The summed E-state index contributed by atoms with van der Waals surface area (Å²) in [5.74, 6) is 0. The van der Waals surface area contributed by atoms with Gasteiger partial charge in [-0.2, -0.15) is 0 Å². The van der Waals surface area contributed by atoms with Crippen LogP contribution in [-0.4, -0.2) is 11.3 Å². The molecule has 25 heavy (non-hydrogen) atoms. The summed E-state index contributed by atoms with van der Waals surface area (Å²) >= 11 is 0. The molecule has 0 heterocycles. The highest BCUT2D eigenvalue weighted by Gasteiger charge is 2.28. The van der Waals surface area contributed by atoms with E-state index in [2.05, 4.69) is 0 Å². The van der Waals surface area contributed by atoms with Crippen LogP contribution in [0, 0.1) is 0 Å². The van der Waals surface area contributed by atoms with E-state index in [1.54, 1.807) is 78.9 Å². The molecule has 0 radical (unpaired) electrons. The molecular weight excluding hydrogens is 316 g/mol. The number of hydroxylamine groups is 1. The molecule has 0 bridgehead atoms. The van der Waals surface area contributed by atoms with Crippen molar-refractivity contribution in [1.82, 2.24) is 0 Å². The largest absolute Gasteiger partial charge is 0.530 e. The number of anilines is 2. The third-order valence-corrected chi connectivity index (χ3v) is 3.83. The first-order chi connectivity index (χ1) is 12.2. The zero-order valence-corrected chi connectivity index (χ0v) is 13.4.